The second kappa shape index (κ2) is 16.7. The highest BCUT2D eigenvalue weighted by atomic mass is 32.2. The van der Waals surface area contributed by atoms with Gasteiger partial charge in [-0.05, 0) is 55.3 Å². The topological polar surface area (TPSA) is 151 Å². The van der Waals surface area contributed by atoms with Crippen LogP contribution in [-0.4, -0.2) is 89.5 Å². The molecular weight excluding hydrogens is 436 g/mol. The molecule has 168 valence electrons. The molecule has 0 rings (SSSR count). The van der Waals surface area contributed by atoms with Crippen LogP contribution in [0.5, 0.6) is 0 Å². The molecule has 3 atom stereocenters. The van der Waals surface area contributed by atoms with E-state index in [2.05, 4.69) is 16.0 Å². The molecule has 0 aromatic rings. The molecule has 3 unspecified atom stereocenters. The van der Waals surface area contributed by atoms with E-state index in [1.807, 2.05) is 18.8 Å². The quantitative estimate of drug-likeness (QED) is 0.206. The number of carboxylic acid groups (broad SMARTS) is 1. The molecule has 6 N–H and O–H groups in total. The number of aliphatic carboxylic acids is 1. The van der Waals surface area contributed by atoms with Gasteiger partial charge in [0.2, 0.25) is 17.7 Å². The maximum absolute atomic E-state index is 12.7. The molecule has 9 nitrogen and oxygen atoms in total. The Hall–Kier alpha value is -1.11. The fourth-order valence-electron chi connectivity index (χ4n) is 2.30. The first kappa shape index (κ1) is 27.9. The third kappa shape index (κ3) is 12.2. The van der Waals surface area contributed by atoms with Gasteiger partial charge < -0.3 is 26.8 Å². The number of rotatable bonds is 16. The Bertz CT molecular complexity index is 539. The van der Waals surface area contributed by atoms with Crippen molar-refractivity contribution in [3.8, 4) is 0 Å². The fraction of sp³-hybridized carbons (Fsp3) is 0.765. The van der Waals surface area contributed by atoms with Crippen LogP contribution in [0.15, 0.2) is 0 Å². The summed E-state index contributed by atoms with van der Waals surface area (Å²) >= 11 is 4.52. The van der Waals surface area contributed by atoms with Crippen LogP contribution in [0, 0.1) is 0 Å². The van der Waals surface area contributed by atoms with Gasteiger partial charge >= 0.3 is 5.97 Å². The second-order valence-electron chi connectivity index (χ2n) is 6.13. The van der Waals surface area contributed by atoms with E-state index in [9.17, 15) is 24.3 Å². The predicted molar refractivity (Wildman–Crippen MR) is 121 cm³/mol. The number of hydrogen-bond donors (Lipinski definition) is 5. The number of hydrogen-bond acceptors (Lipinski definition) is 8. The average molecular weight is 469 g/mol. The maximum atomic E-state index is 12.7. The second-order valence-corrected chi connectivity index (χ2v) is 9.09. The molecule has 0 aromatic carbocycles. The van der Waals surface area contributed by atoms with Gasteiger partial charge in [-0.15, -0.1) is 0 Å². The van der Waals surface area contributed by atoms with Crippen LogP contribution in [0.4, 0.5) is 0 Å². The SMILES string of the molecule is CSCCC(NC(=O)C(CCSC)NC(=O)C(CCSC)NC(=O)CN)C(=O)O. The third-order valence-electron chi connectivity index (χ3n) is 3.92. The number of carbonyl (C=O) groups excluding carboxylic acids is 3. The van der Waals surface area contributed by atoms with Crippen molar-refractivity contribution in [1.29, 1.82) is 0 Å². The van der Waals surface area contributed by atoms with Gasteiger partial charge in [-0.2, -0.15) is 35.3 Å². The fourth-order valence-corrected chi connectivity index (χ4v) is 3.71. The first-order chi connectivity index (χ1) is 13.8. The van der Waals surface area contributed by atoms with E-state index in [4.69, 9.17) is 5.73 Å². The van der Waals surface area contributed by atoms with E-state index in [0.29, 0.717) is 30.1 Å². The van der Waals surface area contributed by atoms with Crippen molar-refractivity contribution < 1.29 is 24.3 Å². The molecule has 29 heavy (non-hydrogen) atoms. The molecule has 0 saturated carbocycles. The Balaban J connectivity index is 5.19. The minimum atomic E-state index is -1.12. The molecule has 0 bridgehead atoms. The van der Waals surface area contributed by atoms with Crippen molar-refractivity contribution >= 4 is 59.0 Å². The Morgan fingerprint density at radius 3 is 1.52 bits per heavy atom. The van der Waals surface area contributed by atoms with Crippen molar-refractivity contribution in [2.24, 2.45) is 5.73 Å². The predicted octanol–water partition coefficient (Wildman–Crippen LogP) is -0.257. The van der Waals surface area contributed by atoms with Crippen molar-refractivity contribution in [2.75, 3.05) is 42.6 Å². The zero-order chi connectivity index (χ0) is 22.2. The molecule has 12 heteroatoms. The smallest absolute Gasteiger partial charge is 0.326 e. The van der Waals surface area contributed by atoms with Gasteiger partial charge in [-0.1, -0.05) is 0 Å². The summed E-state index contributed by atoms with van der Waals surface area (Å²) in [6.45, 7) is -0.241. The lowest BCUT2D eigenvalue weighted by atomic mass is 10.1. The maximum Gasteiger partial charge on any atom is 0.326 e. The normalized spacial score (nSPS) is 13.8. The van der Waals surface area contributed by atoms with Crippen LogP contribution < -0.4 is 21.7 Å². The highest BCUT2D eigenvalue weighted by Gasteiger charge is 2.28. The van der Waals surface area contributed by atoms with Gasteiger partial charge in [-0.25, -0.2) is 4.79 Å². The zero-order valence-corrected chi connectivity index (χ0v) is 19.5. The Kier molecular flexibility index (Phi) is 16.0. The van der Waals surface area contributed by atoms with Crippen LogP contribution in [0.1, 0.15) is 19.3 Å². The molecule has 0 spiro atoms. The minimum Gasteiger partial charge on any atom is -0.480 e. The van der Waals surface area contributed by atoms with E-state index >= 15 is 0 Å². The number of thioether (sulfide) groups is 3. The molecule has 0 radical (unpaired) electrons. The Morgan fingerprint density at radius 1 is 0.759 bits per heavy atom. The van der Waals surface area contributed by atoms with Gasteiger partial charge in [0.1, 0.15) is 18.1 Å². The highest BCUT2D eigenvalue weighted by Crippen LogP contribution is 2.07. The highest BCUT2D eigenvalue weighted by molar-refractivity contribution is 7.98. The number of carboxylic acids is 1. The van der Waals surface area contributed by atoms with E-state index in [0.717, 1.165) is 0 Å². The van der Waals surface area contributed by atoms with Crippen molar-refractivity contribution in [1.82, 2.24) is 16.0 Å². The van der Waals surface area contributed by atoms with Crippen molar-refractivity contribution in [3.05, 3.63) is 0 Å². The zero-order valence-electron chi connectivity index (χ0n) is 17.1. The first-order valence-electron chi connectivity index (χ1n) is 9.10. The lowest BCUT2D eigenvalue weighted by Crippen LogP contribution is -2.56. The van der Waals surface area contributed by atoms with Crippen LogP contribution in [-0.2, 0) is 19.2 Å². The van der Waals surface area contributed by atoms with E-state index in [1.54, 1.807) is 0 Å². The molecule has 0 aromatic heterocycles. The third-order valence-corrected chi connectivity index (χ3v) is 5.85. The molecule has 0 aliphatic carbocycles. The Morgan fingerprint density at radius 2 is 1.14 bits per heavy atom. The summed E-state index contributed by atoms with van der Waals surface area (Å²) in [5.74, 6) is -0.782. The summed E-state index contributed by atoms with van der Waals surface area (Å²) in [5.41, 5.74) is 5.31. The largest absolute Gasteiger partial charge is 0.480 e. The molecule has 0 fully saturated rings. The van der Waals surface area contributed by atoms with Gasteiger partial charge in [-0.3, -0.25) is 14.4 Å². The molecule has 0 saturated heterocycles. The Labute approximate surface area is 184 Å². The van der Waals surface area contributed by atoms with Crippen LogP contribution >= 0.6 is 35.3 Å². The van der Waals surface area contributed by atoms with Crippen LogP contribution in [0.25, 0.3) is 0 Å². The van der Waals surface area contributed by atoms with Crippen molar-refractivity contribution in [2.45, 2.75) is 37.4 Å². The number of amides is 3. The van der Waals surface area contributed by atoms with Crippen LogP contribution in [0.3, 0.4) is 0 Å². The molecule has 0 aliphatic heterocycles. The van der Waals surface area contributed by atoms with Gasteiger partial charge in [0.05, 0.1) is 6.54 Å². The van der Waals surface area contributed by atoms with Gasteiger partial charge in [0.15, 0.2) is 0 Å². The molecular formula is C17H32N4O5S3. The summed E-state index contributed by atoms with van der Waals surface area (Å²) in [7, 11) is 0. The van der Waals surface area contributed by atoms with E-state index in [1.165, 1.54) is 35.3 Å². The summed E-state index contributed by atoms with van der Waals surface area (Å²) < 4.78 is 0. The molecule has 0 aliphatic rings. The first-order valence-corrected chi connectivity index (χ1v) is 13.3. The summed E-state index contributed by atoms with van der Waals surface area (Å²) in [4.78, 5) is 48.4. The summed E-state index contributed by atoms with van der Waals surface area (Å²) in [6, 6.07) is -2.72. The average Bonchev–Trinajstić information content (AvgIpc) is 2.70. The standard InChI is InChI=1S/C17H32N4O5S3/c1-27-7-4-11(19-14(22)10-18)15(23)20-12(5-8-28-2)16(24)21-13(17(25)26)6-9-29-3/h11-13H,4-10,18H2,1-3H3,(H,19,22)(H,20,23)(H,21,24)(H,25,26). The monoisotopic (exact) mass is 468 g/mol. The number of nitrogens with two attached hydrogens (primary N) is 1. The lowest BCUT2D eigenvalue weighted by molar-refractivity contribution is -0.142. The lowest BCUT2D eigenvalue weighted by Gasteiger charge is -2.24. The number of nitrogens with one attached hydrogen (secondary N) is 3. The van der Waals surface area contributed by atoms with Crippen molar-refractivity contribution in [3.63, 3.8) is 0 Å². The molecule has 3 amide bonds. The minimum absolute atomic E-state index is 0.241. The molecule has 0 heterocycles. The van der Waals surface area contributed by atoms with Gasteiger partial charge in [0.25, 0.3) is 0 Å². The summed E-state index contributed by atoms with van der Waals surface area (Å²) in [5, 5.41) is 17.1. The van der Waals surface area contributed by atoms with E-state index in [-0.39, 0.29) is 13.0 Å². The summed E-state index contributed by atoms with van der Waals surface area (Å²) in [6.07, 6.45) is 6.63. The van der Waals surface area contributed by atoms with E-state index < -0.39 is 41.8 Å². The van der Waals surface area contributed by atoms with Crippen LogP contribution in [0.2, 0.25) is 0 Å². The van der Waals surface area contributed by atoms with Gasteiger partial charge in [0, 0.05) is 0 Å². The number of carbonyl (C=O) groups is 4.